The molecule has 0 saturated heterocycles. The van der Waals surface area contributed by atoms with Gasteiger partial charge >= 0.3 is 11.9 Å². The van der Waals surface area contributed by atoms with Crippen molar-refractivity contribution in [3.63, 3.8) is 0 Å². The highest BCUT2D eigenvalue weighted by Crippen LogP contribution is 2.22. The van der Waals surface area contributed by atoms with E-state index in [1.165, 1.54) is 0 Å². The molecule has 0 fully saturated rings. The van der Waals surface area contributed by atoms with Crippen LogP contribution in [-0.2, 0) is 28.8 Å². The lowest BCUT2D eigenvalue weighted by Gasteiger charge is -2.29. The lowest BCUT2D eigenvalue weighted by Crippen LogP contribution is -2.39. The van der Waals surface area contributed by atoms with Gasteiger partial charge in [0.1, 0.15) is 11.2 Å². The Balaban J connectivity index is 5.13. The second-order valence-corrected chi connectivity index (χ2v) is 9.32. The highest BCUT2D eigenvalue weighted by molar-refractivity contribution is 5.76. The molecule has 2 unspecified atom stereocenters. The maximum atomic E-state index is 12.7. The summed E-state index contributed by atoms with van der Waals surface area (Å²) in [6.07, 6.45) is 6.01. The Bertz CT molecular complexity index is 442. The molecule has 0 aliphatic rings. The van der Waals surface area contributed by atoms with Crippen molar-refractivity contribution in [2.24, 2.45) is 0 Å². The molecule has 0 spiro atoms. The molecule has 2 atom stereocenters. The van der Waals surface area contributed by atoms with E-state index in [1.807, 2.05) is 55.4 Å². The molecule has 6 nitrogen and oxygen atoms in total. The zero-order valence-electron chi connectivity index (χ0n) is 20.7. The second kappa shape index (κ2) is 14.8. The summed E-state index contributed by atoms with van der Waals surface area (Å²) in [5, 5.41) is 0. The molecule has 0 amide bonds. The molecule has 0 heterocycles. The Kier molecular flexibility index (Phi) is 14.2. The third kappa shape index (κ3) is 12.5. The van der Waals surface area contributed by atoms with Crippen molar-refractivity contribution >= 4 is 11.9 Å². The van der Waals surface area contributed by atoms with Gasteiger partial charge in [-0.1, -0.05) is 66.2 Å². The van der Waals surface area contributed by atoms with Crippen molar-refractivity contribution in [3.05, 3.63) is 0 Å². The molecule has 0 saturated carbocycles. The summed E-state index contributed by atoms with van der Waals surface area (Å²) in [6.45, 7) is 15.8. The maximum absolute atomic E-state index is 12.7. The van der Waals surface area contributed by atoms with Crippen LogP contribution in [0.15, 0.2) is 0 Å². The van der Waals surface area contributed by atoms with E-state index >= 15 is 0 Å². The topological polar surface area (TPSA) is 71.1 Å². The molecule has 0 aromatic heterocycles. The van der Waals surface area contributed by atoms with Crippen LogP contribution in [0.3, 0.4) is 0 Å². The van der Waals surface area contributed by atoms with Gasteiger partial charge in [-0.05, 0) is 53.4 Å². The van der Waals surface area contributed by atoms with E-state index in [0.29, 0.717) is 12.8 Å². The van der Waals surface area contributed by atoms with Crippen LogP contribution in [0.25, 0.3) is 0 Å². The van der Waals surface area contributed by atoms with E-state index in [-0.39, 0.29) is 0 Å². The Labute approximate surface area is 184 Å². The molecule has 178 valence electrons. The van der Waals surface area contributed by atoms with Crippen molar-refractivity contribution in [2.45, 2.75) is 143 Å². The van der Waals surface area contributed by atoms with Gasteiger partial charge in [-0.2, -0.15) is 0 Å². The minimum Gasteiger partial charge on any atom is -0.458 e. The van der Waals surface area contributed by atoms with E-state index in [1.54, 1.807) is 0 Å². The van der Waals surface area contributed by atoms with Gasteiger partial charge in [-0.3, -0.25) is 0 Å². The fourth-order valence-corrected chi connectivity index (χ4v) is 3.31. The van der Waals surface area contributed by atoms with Crippen molar-refractivity contribution in [1.29, 1.82) is 0 Å². The number of unbranched alkanes of at least 4 members (excludes halogenated alkanes) is 2. The third-order valence-corrected chi connectivity index (χ3v) is 4.91. The van der Waals surface area contributed by atoms with E-state index in [4.69, 9.17) is 19.2 Å². The van der Waals surface area contributed by atoms with E-state index < -0.39 is 35.3 Å². The highest BCUT2D eigenvalue weighted by Gasteiger charge is 2.33. The van der Waals surface area contributed by atoms with E-state index in [9.17, 15) is 9.59 Å². The van der Waals surface area contributed by atoms with Crippen molar-refractivity contribution in [2.75, 3.05) is 0 Å². The first-order valence-corrected chi connectivity index (χ1v) is 11.8. The Morgan fingerprint density at radius 1 is 0.633 bits per heavy atom. The molecule has 0 aromatic rings. The van der Waals surface area contributed by atoms with Gasteiger partial charge in [0.25, 0.3) is 0 Å². The first kappa shape index (κ1) is 28.9. The van der Waals surface area contributed by atoms with Crippen LogP contribution < -0.4 is 0 Å². The van der Waals surface area contributed by atoms with Crippen LogP contribution >= 0.6 is 0 Å². The molecule has 0 aliphatic carbocycles. The molecule has 0 bridgehead atoms. The van der Waals surface area contributed by atoms with Gasteiger partial charge < -0.3 is 9.47 Å². The number of rotatable bonds is 17. The summed E-state index contributed by atoms with van der Waals surface area (Å²) in [5.41, 5.74) is -1.13. The fourth-order valence-electron chi connectivity index (χ4n) is 3.31. The summed E-state index contributed by atoms with van der Waals surface area (Å²) in [6, 6.07) is 0. The van der Waals surface area contributed by atoms with Gasteiger partial charge in [-0.15, -0.1) is 0 Å². The second-order valence-electron chi connectivity index (χ2n) is 9.32. The Hall–Kier alpha value is -1.14. The normalized spacial score (nSPS) is 14.3. The third-order valence-electron chi connectivity index (χ3n) is 4.91. The minimum atomic E-state index is -0.860. The van der Waals surface area contributed by atoms with Gasteiger partial charge in [0, 0.05) is 0 Å². The average molecular weight is 431 g/mol. The van der Waals surface area contributed by atoms with Gasteiger partial charge in [0.2, 0.25) is 0 Å². The summed E-state index contributed by atoms with van der Waals surface area (Å²) in [4.78, 5) is 36.4. The standard InChI is InChI=1S/C24H46O6/c1-9-13-15-19(21(25)27-23(5,6)17-11-3)29-30-20(16-14-10-2)22(26)28-24(7,8)18-12-4/h19-20H,9-18H2,1-8H3. The number of hydrogen-bond acceptors (Lipinski definition) is 6. The van der Waals surface area contributed by atoms with Crippen LogP contribution in [0, 0.1) is 0 Å². The first-order chi connectivity index (χ1) is 14.0. The number of carbonyl (C=O) groups excluding carboxylic acids is 2. The van der Waals surface area contributed by atoms with Gasteiger partial charge in [0.05, 0.1) is 0 Å². The number of ether oxygens (including phenoxy) is 2. The van der Waals surface area contributed by atoms with Crippen LogP contribution in [0.5, 0.6) is 0 Å². The van der Waals surface area contributed by atoms with E-state index in [0.717, 1.165) is 51.4 Å². The molecule has 0 rings (SSSR count). The zero-order chi connectivity index (χ0) is 23.2. The first-order valence-electron chi connectivity index (χ1n) is 11.8. The van der Waals surface area contributed by atoms with Crippen molar-refractivity contribution in [1.82, 2.24) is 0 Å². The minimum absolute atomic E-state index is 0.448. The largest absolute Gasteiger partial charge is 0.458 e. The summed E-state index contributed by atoms with van der Waals surface area (Å²) >= 11 is 0. The quantitative estimate of drug-likeness (QED) is 0.153. The van der Waals surface area contributed by atoms with Crippen molar-refractivity contribution in [3.8, 4) is 0 Å². The van der Waals surface area contributed by atoms with Crippen LogP contribution in [0.2, 0.25) is 0 Å². The number of esters is 2. The Morgan fingerprint density at radius 2 is 0.967 bits per heavy atom. The number of carbonyl (C=O) groups is 2. The lowest BCUT2D eigenvalue weighted by molar-refractivity contribution is -0.346. The van der Waals surface area contributed by atoms with Crippen LogP contribution in [0.4, 0.5) is 0 Å². The van der Waals surface area contributed by atoms with Crippen LogP contribution in [0.1, 0.15) is 120 Å². The lowest BCUT2D eigenvalue weighted by atomic mass is 10.0. The summed E-state index contributed by atoms with van der Waals surface area (Å²) in [5.74, 6) is -0.897. The summed E-state index contributed by atoms with van der Waals surface area (Å²) < 4.78 is 11.3. The van der Waals surface area contributed by atoms with Crippen molar-refractivity contribution < 1.29 is 28.8 Å². The van der Waals surface area contributed by atoms with Crippen LogP contribution in [-0.4, -0.2) is 35.3 Å². The molecule has 0 N–H and O–H groups in total. The Morgan fingerprint density at radius 3 is 1.23 bits per heavy atom. The van der Waals surface area contributed by atoms with Gasteiger partial charge in [0.15, 0.2) is 12.2 Å². The molecule has 0 aromatic carbocycles. The van der Waals surface area contributed by atoms with E-state index in [2.05, 4.69) is 0 Å². The summed E-state index contributed by atoms with van der Waals surface area (Å²) in [7, 11) is 0. The molecular weight excluding hydrogens is 384 g/mol. The van der Waals surface area contributed by atoms with Gasteiger partial charge in [-0.25, -0.2) is 19.4 Å². The average Bonchev–Trinajstić information content (AvgIpc) is 2.62. The monoisotopic (exact) mass is 430 g/mol. The predicted molar refractivity (Wildman–Crippen MR) is 119 cm³/mol. The fraction of sp³-hybridized carbons (Fsp3) is 0.917. The predicted octanol–water partition coefficient (Wildman–Crippen LogP) is 6.30. The molecule has 6 heteroatoms. The SMILES string of the molecule is CCCCC(OOC(CCCC)C(=O)OC(C)(C)CCC)C(=O)OC(C)(C)CCC. The molecular formula is C24H46O6. The number of hydrogen-bond donors (Lipinski definition) is 0. The maximum Gasteiger partial charge on any atom is 0.339 e. The molecule has 0 aliphatic heterocycles. The molecule has 0 radical (unpaired) electrons. The zero-order valence-corrected chi connectivity index (χ0v) is 20.7. The smallest absolute Gasteiger partial charge is 0.339 e. The highest BCUT2D eigenvalue weighted by atomic mass is 17.2. The molecule has 30 heavy (non-hydrogen) atoms.